The molecule has 5 nitrogen and oxygen atoms in total. The number of hydrogen-bond acceptors (Lipinski definition) is 4. The second kappa shape index (κ2) is 10.9. The maximum atomic E-state index is 12.1. The highest BCUT2D eigenvalue weighted by atomic mass is 79.9. The Morgan fingerprint density at radius 1 is 1.11 bits per heavy atom. The Morgan fingerprint density at radius 3 is 2.43 bits per heavy atom. The molecule has 0 unspecified atom stereocenters. The summed E-state index contributed by atoms with van der Waals surface area (Å²) in [4.78, 5) is 24.0. The number of amides is 1. The van der Waals surface area contributed by atoms with Crippen LogP contribution >= 0.6 is 15.9 Å². The van der Waals surface area contributed by atoms with Gasteiger partial charge in [-0.25, -0.2) is 4.79 Å². The molecule has 0 aromatic heterocycles. The van der Waals surface area contributed by atoms with E-state index in [0.29, 0.717) is 29.5 Å². The molecule has 0 aliphatic heterocycles. The van der Waals surface area contributed by atoms with Crippen LogP contribution in [0.15, 0.2) is 46.9 Å². The molecule has 6 heteroatoms. The molecule has 2 aromatic carbocycles. The van der Waals surface area contributed by atoms with Crippen molar-refractivity contribution in [2.45, 2.75) is 39.5 Å². The maximum Gasteiger partial charge on any atom is 0.338 e. The normalized spacial score (nSPS) is 10.6. The number of anilines is 1. The summed E-state index contributed by atoms with van der Waals surface area (Å²) in [5.41, 5.74) is 2.24. The Bertz CT molecular complexity index is 803. The van der Waals surface area contributed by atoms with Gasteiger partial charge in [0.05, 0.1) is 16.6 Å². The van der Waals surface area contributed by atoms with Crippen LogP contribution in [0.4, 0.5) is 5.69 Å². The quantitative estimate of drug-likeness (QED) is 0.404. The lowest BCUT2D eigenvalue weighted by Crippen LogP contribution is -2.20. The van der Waals surface area contributed by atoms with Crippen molar-refractivity contribution in [1.29, 1.82) is 0 Å². The number of ether oxygens (including phenoxy) is 2. The third-order valence-corrected chi connectivity index (χ3v) is 4.74. The van der Waals surface area contributed by atoms with Crippen molar-refractivity contribution in [3.63, 3.8) is 0 Å². The molecule has 1 N–H and O–H groups in total. The second-order valence-electron chi connectivity index (χ2n) is 6.75. The van der Waals surface area contributed by atoms with Gasteiger partial charge in [0, 0.05) is 5.69 Å². The van der Waals surface area contributed by atoms with Gasteiger partial charge in [-0.3, -0.25) is 4.79 Å². The zero-order valence-corrected chi connectivity index (χ0v) is 18.0. The number of rotatable bonds is 9. The summed E-state index contributed by atoms with van der Waals surface area (Å²) in [6, 6.07) is 12.4. The first-order chi connectivity index (χ1) is 13.4. The highest BCUT2D eigenvalue weighted by molar-refractivity contribution is 9.10. The van der Waals surface area contributed by atoms with Crippen LogP contribution in [0.3, 0.4) is 0 Å². The largest absolute Gasteiger partial charge is 0.483 e. The van der Waals surface area contributed by atoms with Crippen molar-refractivity contribution in [2.24, 2.45) is 0 Å². The Morgan fingerprint density at radius 2 is 1.82 bits per heavy atom. The van der Waals surface area contributed by atoms with Crippen molar-refractivity contribution in [2.75, 3.05) is 18.5 Å². The average Bonchev–Trinajstić information content (AvgIpc) is 2.67. The van der Waals surface area contributed by atoms with Gasteiger partial charge in [0.1, 0.15) is 5.75 Å². The summed E-state index contributed by atoms with van der Waals surface area (Å²) in [6.07, 6.45) is 1.81. The number of hydrogen-bond donors (Lipinski definition) is 1. The first-order valence-electron chi connectivity index (χ1n) is 9.40. The first kappa shape index (κ1) is 22.0. The van der Waals surface area contributed by atoms with E-state index in [2.05, 4.69) is 35.1 Å². The number of nitrogens with one attached hydrogen (secondary N) is 1. The molecule has 0 atom stereocenters. The fourth-order valence-corrected chi connectivity index (χ4v) is 2.93. The van der Waals surface area contributed by atoms with Gasteiger partial charge in [0.25, 0.3) is 5.91 Å². The zero-order valence-electron chi connectivity index (χ0n) is 16.5. The molecule has 0 bridgehead atoms. The van der Waals surface area contributed by atoms with Gasteiger partial charge in [0.2, 0.25) is 0 Å². The fraction of sp³-hybridized carbons (Fsp3) is 0.364. The van der Waals surface area contributed by atoms with E-state index in [-0.39, 0.29) is 18.5 Å². The molecule has 0 radical (unpaired) electrons. The zero-order chi connectivity index (χ0) is 20.5. The van der Waals surface area contributed by atoms with Gasteiger partial charge < -0.3 is 14.8 Å². The predicted octanol–water partition coefficient (Wildman–Crippen LogP) is 5.55. The standard InChI is InChI=1S/C22H26BrNO4/c1-4-5-12-27-22(26)16-6-9-18(10-7-16)24-21(25)14-28-20-11-8-17(15(2)3)13-19(20)23/h6-11,13,15H,4-5,12,14H2,1-3H3,(H,24,25). The summed E-state index contributed by atoms with van der Waals surface area (Å²) >= 11 is 3.48. The van der Waals surface area contributed by atoms with E-state index in [1.807, 2.05) is 25.1 Å². The number of esters is 1. The molecule has 0 spiro atoms. The number of halogens is 1. The number of unbranched alkanes of at least 4 members (excludes halogenated alkanes) is 1. The maximum absolute atomic E-state index is 12.1. The van der Waals surface area contributed by atoms with Crippen LogP contribution in [0, 0.1) is 0 Å². The van der Waals surface area contributed by atoms with Crippen molar-refractivity contribution in [1.82, 2.24) is 0 Å². The Labute approximate surface area is 174 Å². The lowest BCUT2D eigenvalue weighted by Gasteiger charge is -2.12. The van der Waals surface area contributed by atoms with Crippen LogP contribution in [-0.4, -0.2) is 25.1 Å². The monoisotopic (exact) mass is 447 g/mol. The van der Waals surface area contributed by atoms with Crippen molar-refractivity contribution >= 4 is 33.5 Å². The summed E-state index contributed by atoms with van der Waals surface area (Å²) in [7, 11) is 0. The molecule has 0 heterocycles. The van der Waals surface area contributed by atoms with E-state index in [4.69, 9.17) is 9.47 Å². The minimum atomic E-state index is -0.357. The summed E-state index contributed by atoms with van der Waals surface area (Å²) < 4.78 is 11.6. The van der Waals surface area contributed by atoms with E-state index in [0.717, 1.165) is 17.3 Å². The van der Waals surface area contributed by atoms with Gasteiger partial charge in [0.15, 0.2) is 6.61 Å². The fourth-order valence-electron chi connectivity index (χ4n) is 2.42. The Balaban J connectivity index is 1.85. The number of benzene rings is 2. The minimum Gasteiger partial charge on any atom is -0.483 e. The first-order valence-corrected chi connectivity index (χ1v) is 10.2. The SMILES string of the molecule is CCCCOC(=O)c1ccc(NC(=O)COc2ccc(C(C)C)cc2Br)cc1. The third-order valence-electron chi connectivity index (χ3n) is 4.12. The van der Waals surface area contributed by atoms with Crippen LogP contribution in [0.5, 0.6) is 5.75 Å². The third kappa shape index (κ3) is 6.68. The smallest absolute Gasteiger partial charge is 0.338 e. The molecule has 0 aliphatic carbocycles. The molecule has 2 rings (SSSR count). The van der Waals surface area contributed by atoms with Gasteiger partial charge in [-0.15, -0.1) is 0 Å². The molecule has 150 valence electrons. The van der Waals surface area contributed by atoms with Crippen molar-refractivity contribution in [3.05, 3.63) is 58.1 Å². The lowest BCUT2D eigenvalue weighted by atomic mass is 10.0. The van der Waals surface area contributed by atoms with Gasteiger partial charge >= 0.3 is 5.97 Å². The van der Waals surface area contributed by atoms with Crippen LogP contribution in [-0.2, 0) is 9.53 Å². The minimum absolute atomic E-state index is 0.111. The molecular formula is C22H26BrNO4. The summed E-state index contributed by atoms with van der Waals surface area (Å²) in [5.74, 6) is 0.396. The second-order valence-corrected chi connectivity index (χ2v) is 7.60. The molecule has 0 saturated heterocycles. The van der Waals surface area contributed by atoms with Crippen LogP contribution < -0.4 is 10.1 Å². The van der Waals surface area contributed by atoms with Crippen LogP contribution in [0.25, 0.3) is 0 Å². The van der Waals surface area contributed by atoms with Gasteiger partial charge in [-0.2, -0.15) is 0 Å². The topological polar surface area (TPSA) is 64.6 Å². The van der Waals surface area contributed by atoms with Crippen molar-refractivity contribution < 1.29 is 19.1 Å². The van der Waals surface area contributed by atoms with Crippen LogP contribution in [0.1, 0.15) is 55.5 Å². The molecule has 1 amide bonds. The average molecular weight is 448 g/mol. The van der Waals surface area contributed by atoms with E-state index in [1.54, 1.807) is 24.3 Å². The molecule has 0 fully saturated rings. The lowest BCUT2D eigenvalue weighted by molar-refractivity contribution is -0.118. The molecular weight excluding hydrogens is 422 g/mol. The Hall–Kier alpha value is -2.34. The summed E-state index contributed by atoms with van der Waals surface area (Å²) in [6.45, 7) is 6.57. The van der Waals surface area contributed by atoms with Crippen LogP contribution in [0.2, 0.25) is 0 Å². The summed E-state index contributed by atoms with van der Waals surface area (Å²) in [5, 5.41) is 2.75. The van der Waals surface area contributed by atoms with E-state index >= 15 is 0 Å². The molecule has 0 aliphatic rings. The van der Waals surface area contributed by atoms with E-state index in [1.165, 1.54) is 5.56 Å². The Kier molecular flexibility index (Phi) is 8.51. The van der Waals surface area contributed by atoms with Crippen molar-refractivity contribution in [3.8, 4) is 5.75 Å². The van der Waals surface area contributed by atoms with Gasteiger partial charge in [-0.1, -0.05) is 33.3 Å². The number of carbonyl (C=O) groups is 2. The van der Waals surface area contributed by atoms with Gasteiger partial charge in [-0.05, 0) is 70.2 Å². The predicted molar refractivity (Wildman–Crippen MR) is 114 cm³/mol. The molecule has 2 aromatic rings. The highest BCUT2D eigenvalue weighted by Gasteiger charge is 2.10. The van der Waals surface area contributed by atoms with E-state index in [9.17, 15) is 9.59 Å². The molecule has 28 heavy (non-hydrogen) atoms. The highest BCUT2D eigenvalue weighted by Crippen LogP contribution is 2.28. The number of carbonyl (C=O) groups excluding carboxylic acids is 2. The molecule has 0 saturated carbocycles. The van der Waals surface area contributed by atoms with E-state index < -0.39 is 0 Å².